The van der Waals surface area contributed by atoms with Crippen molar-refractivity contribution in [1.29, 1.82) is 0 Å². The first-order valence-electron chi connectivity index (χ1n) is 6.80. The van der Waals surface area contributed by atoms with E-state index < -0.39 is 5.97 Å². The van der Waals surface area contributed by atoms with E-state index in [4.69, 9.17) is 37.4 Å². The van der Waals surface area contributed by atoms with Gasteiger partial charge in [0.2, 0.25) is 0 Å². The lowest BCUT2D eigenvalue weighted by atomic mass is 10.1. The number of hydrogen-bond donors (Lipinski definition) is 0. The number of carbonyl (C=O) groups is 1. The summed E-state index contributed by atoms with van der Waals surface area (Å²) in [7, 11) is 3.11. The molecule has 0 aliphatic carbocycles. The van der Waals surface area contributed by atoms with Crippen LogP contribution < -0.4 is 9.47 Å². The molecule has 4 nitrogen and oxygen atoms in total. The highest BCUT2D eigenvalue weighted by Gasteiger charge is 2.17. The molecule has 0 bridgehead atoms. The van der Waals surface area contributed by atoms with Crippen LogP contribution in [-0.2, 0) is 11.3 Å². The van der Waals surface area contributed by atoms with Crippen LogP contribution in [0.1, 0.15) is 21.5 Å². The average molecular weight is 355 g/mol. The molecule has 0 spiro atoms. The highest BCUT2D eigenvalue weighted by atomic mass is 35.5. The van der Waals surface area contributed by atoms with Crippen LogP contribution in [0.3, 0.4) is 0 Å². The van der Waals surface area contributed by atoms with Crippen LogP contribution in [0, 0.1) is 6.92 Å². The van der Waals surface area contributed by atoms with E-state index >= 15 is 0 Å². The maximum absolute atomic E-state index is 12.2. The molecule has 23 heavy (non-hydrogen) atoms. The minimum atomic E-state index is -0.574. The van der Waals surface area contributed by atoms with Gasteiger partial charge in [0.1, 0.15) is 6.61 Å². The van der Waals surface area contributed by atoms with Crippen LogP contribution >= 0.6 is 23.2 Å². The summed E-state index contributed by atoms with van der Waals surface area (Å²) in [5, 5.41) is 0.512. The molecule has 0 amide bonds. The Morgan fingerprint density at radius 3 is 2.17 bits per heavy atom. The van der Waals surface area contributed by atoms with Gasteiger partial charge in [-0.2, -0.15) is 0 Å². The molecule has 0 aromatic heterocycles. The van der Waals surface area contributed by atoms with E-state index in [0.29, 0.717) is 11.5 Å². The Hall–Kier alpha value is -1.91. The maximum atomic E-state index is 12.2. The van der Waals surface area contributed by atoms with Crippen LogP contribution in [0.2, 0.25) is 10.0 Å². The van der Waals surface area contributed by atoms with Crippen LogP contribution in [0.15, 0.2) is 30.3 Å². The third kappa shape index (κ3) is 3.89. The second kappa shape index (κ2) is 7.57. The van der Waals surface area contributed by atoms with E-state index in [9.17, 15) is 4.79 Å². The fraction of sp³-hybridized carbons (Fsp3) is 0.235. The summed E-state index contributed by atoms with van der Waals surface area (Å²) in [6.07, 6.45) is 0. The zero-order valence-electron chi connectivity index (χ0n) is 13.0. The van der Waals surface area contributed by atoms with Crippen LogP contribution in [0.5, 0.6) is 11.5 Å². The van der Waals surface area contributed by atoms with Crippen molar-refractivity contribution >= 4 is 29.2 Å². The van der Waals surface area contributed by atoms with Gasteiger partial charge in [-0.25, -0.2) is 4.79 Å². The minimum Gasteiger partial charge on any atom is -0.493 e. The fourth-order valence-corrected chi connectivity index (χ4v) is 2.64. The molecule has 0 heterocycles. The molecule has 0 saturated carbocycles. The van der Waals surface area contributed by atoms with Crippen molar-refractivity contribution in [2.75, 3.05) is 14.2 Å². The van der Waals surface area contributed by atoms with Crippen molar-refractivity contribution in [3.63, 3.8) is 0 Å². The predicted molar refractivity (Wildman–Crippen MR) is 89.9 cm³/mol. The number of esters is 1. The minimum absolute atomic E-state index is 0.0760. The summed E-state index contributed by atoms with van der Waals surface area (Å²) in [5.74, 6) is 0.615. The number of aryl methyl sites for hydroxylation is 1. The zero-order valence-corrected chi connectivity index (χ0v) is 14.5. The fourth-order valence-electron chi connectivity index (χ4n) is 2.09. The normalized spacial score (nSPS) is 10.3. The number of methoxy groups -OCH3 is 2. The molecule has 0 N–H and O–H groups in total. The maximum Gasteiger partial charge on any atom is 0.341 e. The van der Waals surface area contributed by atoms with Gasteiger partial charge < -0.3 is 14.2 Å². The summed E-state index contributed by atoms with van der Waals surface area (Å²) in [6.45, 7) is 1.97. The topological polar surface area (TPSA) is 44.8 Å². The SMILES string of the molecule is COc1cc(C)c(COC(=O)c2c(Cl)cccc2Cl)cc1OC. The largest absolute Gasteiger partial charge is 0.493 e. The Bertz CT molecular complexity index is 709. The molecule has 2 aromatic rings. The lowest BCUT2D eigenvalue weighted by Crippen LogP contribution is -2.08. The predicted octanol–water partition coefficient (Wildman–Crippen LogP) is 4.68. The first kappa shape index (κ1) is 17.4. The van der Waals surface area contributed by atoms with E-state index in [2.05, 4.69) is 0 Å². The molecule has 0 fully saturated rings. The first-order valence-corrected chi connectivity index (χ1v) is 7.56. The molecule has 0 aliphatic heterocycles. The molecule has 0 unspecified atom stereocenters. The molecular weight excluding hydrogens is 339 g/mol. The third-order valence-electron chi connectivity index (χ3n) is 3.37. The van der Waals surface area contributed by atoms with Gasteiger partial charge in [-0.05, 0) is 42.3 Å². The Morgan fingerprint density at radius 2 is 1.61 bits per heavy atom. The van der Waals surface area contributed by atoms with Crippen molar-refractivity contribution in [3.8, 4) is 11.5 Å². The lowest BCUT2D eigenvalue weighted by Gasteiger charge is -2.13. The highest BCUT2D eigenvalue weighted by molar-refractivity contribution is 6.39. The smallest absolute Gasteiger partial charge is 0.341 e. The molecule has 0 saturated heterocycles. The van der Waals surface area contributed by atoms with Gasteiger partial charge in [-0.15, -0.1) is 0 Å². The molecule has 6 heteroatoms. The number of carbonyl (C=O) groups excluding carboxylic acids is 1. The number of hydrogen-bond acceptors (Lipinski definition) is 4. The van der Waals surface area contributed by atoms with E-state index in [1.807, 2.05) is 13.0 Å². The van der Waals surface area contributed by atoms with Gasteiger partial charge in [-0.1, -0.05) is 29.3 Å². The second-order valence-corrected chi connectivity index (χ2v) is 5.62. The van der Waals surface area contributed by atoms with Gasteiger partial charge in [-0.3, -0.25) is 0 Å². The molecule has 0 aliphatic rings. The van der Waals surface area contributed by atoms with Gasteiger partial charge in [0.15, 0.2) is 11.5 Å². The second-order valence-electron chi connectivity index (χ2n) is 4.81. The quantitative estimate of drug-likeness (QED) is 0.731. The molecule has 122 valence electrons. The highest BCUT2D eigenvalue weighted by Crippen LogP contribution is 2.31. The summed E-state index contributed by atoms with van der Waals surface area (Å²) >= 11 is 12.0. The van der Waals surface area contributed by atoms with Crippen LogP contribution in [0.4, 0.5) is 0 Å². The Labute approximate surface area is 144 Å². The molecule has 2 aromatic carbocycles. The average Bonchev–Trinajstić information content (AvgIpc) is 2.53. The number of halogens is 2. The molecule has 0 atom stereocenters. The Balaban J connectivity index is 2.19. The van der Waals surface area contributed by atoms with Crippen molar-refractivity contribution in [3.05, 3.63) is 57.1 Å². The van der Waals surface area contributed by atoms with Crippen molar-refractivity contribution in [1.82, 2.24) is 0 Å². The van der Waals surface area contributed by atoms with Crippen molar-refractivity contribution in [2.24, 2.45) is 0 Å². The van der Waals surface area contributed by atoms with Gasteiger partial charge in [0.25, 0.3) is 0 Å². The van der Waals surface area contributed by atoms with E-state index in [1.54, 1.807) is 38.5 Å². The van der Waals surface area contributed by atoms with E-state index in [-0.39, 0.29) is 22.2 Å². The number of benzene rings is 2. The summed E-state index contributed by atoms with van der Waals surface area (Å²) in [5.41, 5.74) is 1.88. The van der Waals surface area contributed by atoms with Gasteiger partial charge in [0.05, 0.1) is 29.8 Å². The molecular formula is C17H16Cl2O4. The molecule has 2 rings (SSSR count). The standard InChI is InChI=1S/C17H16Cl2O4/c1-10-7-14(21-2)15(22-3)8-11(10)9-23-17(20)16-12(18)5-4-6-13(16)19/h4-8H,9H2,1-3H3. The summed E-state index contributed by atoms with van der Waals surface area (Å²) in [4.78, 5) is 12.2. The van der Waals surface area contributed by atoms with E-state index in [1.165, 1.54) is 0 Å². The van der Waals surface area contributed by atoms with Gasteiger partial charge >= 0.3 is 5.97 Å². The molecule has 0 radical (unpaired) electrons. The monoisotopic (exact) mass is 354 g/mol. The summed E-state index contributed by atoms with van der Waals surface area (Å²) < 4.78 is 15.8. The summed E-state index contributed by atoms with van der Waals surface area (Å²) in [6, 6.07) is 8.44. The Morgan fingerprint density at radius 1 is 1.04 bits per heavy atom. The zero-order chi connectivity index (χ0) is 17.0. The number of ether oxygens (including phenoxy) is 3. The van der Waals surface area contributed by atoms with E-state index in [0.717, 1.165) is 11.1 Å². The number of rotatable bonds is 5. The first-order chi connectivity index (χ1) is 11.0. The van der Waals surface area contributed by atoms with Crippen LogP contribution in [0.25, 0.3) is 0 Å². The van der Waals surface area contributed by atoms with Crippen molar-refractivity contribution in [2.45, 2.75) is 13.5 Å². The van der Waals surface area contributed by atoms with Gasteiger partial charge in [0, 0.05) is 0 Å². The van der Waals surface area contributed by atoms with Crippen molar-refractivity contribution < 1.29 is 19.0 Å². The lowest BCUT2D eigenvalue weighted by molar-refractivity contribution is 0.0472. The Kier molecular flexibility index (Phi) is 5.74. The van der Waals surface area contributed by atoms with Crippen LogP contribution in [-0.4, -0.2) is 20.2 Å². The third-order valence-corrected chi connectivity index (χ3v) is 4.00.